The first-order chi connectivity index (χ1) is 62.1. The van der Waals surface area contributed by atoms with Crippen molar-refractivity contribution in [3.63, 3.8) is 0 Å². The number of aromatic nitrogens is 6. The summed E-state index contributed by atoms with van der Waals surface area (Å²) < 4.78 is 85.8. The van der Waals surface area contributed by atoms with Crippen molar-refractivity contribution in [1.82, 2.24) is 60.6 Å². The van der Waals surface area contributed by atoms with Crippen molar-refractivity contribution in [3.8, 4) is 28.9 Å². The van der Waals surface area contributed by atoms with Crippen LogP contribution in [-0.2, 0) is 71.5 Å². The Kier molecular flexibility index (Phi) is 30.7. The van der Waals surface area contributed by atoms with E-state index in [1.807, 2.05) is 74.4 Å². The molecule has 15 rings (SSSR count). The van der Waals surface area contributed by atoms with E-state index in [0.717, 1.165) is 31.5 Å². The van der Waals surface area contributed by atoms with E-state index in [1.165, 1.54) is 55.1 Å². The van der Waals surface area contributed by atoms with Crippen LogP contribution < -0.4 is 51.5 Å². The number of carbonyl (C=O) groups is 8. The van der Waals surface area contributed by atoms with Gasteiger partial charge in [-0.3, -0.25) is 28.2 Å². The van der Waals surface area contributed by atoms with Gasteiger partial charge in [0.25, 0.3) is 10.1 Å². The van der Waals surface area contributed by atoms with E-state index in [9.17, 15) is 51.6 Å². The third-order valence-corrected chi connectivity index (χ3v) is 28.0. The normalized spacial score (nSPS) is 24.8. The van der Waals surface area contributed by atoms with E-state index < -0.39 is 116 Å². The number of pyridine rings is 2. The number of hydrogen-bond acceptors (Lipinski definition) is 26. The minimum Gasteiger partial charge on any atom is -0.490 e. The van der Waals surface area contributed by atoms with Gasteiger partial charge in [0.15, 0.2) is 11.2 Å². The second-order valence-electron chi connectivity index (χ2n) is 37.9. The molecule has 6 amide bonds. The zero-order valence-electron chi connectivity index (χ0n) is 76.8. The van der Waals surface area contributed by atoms with Gasteiger partial charge in [-0.2, -0.15) is 8.42 Å². The number of esters is 2. The summed E-state index contributed by atoms with van der Waals surface area (Å²) in [6.07, 6.45) is 7.64. The van der Waals surface area contributed by atoms with Gasteiger partial charge in [-0.25, -0.2) is 33.5 Å². The summed E-state index contributed by atoms with van der Waals surface area (Å²) in [6.45, 7) is 24.0. The standard InChI is InChI=1S/C43H58ClN7O9.C31H42BrN3O9S.C18H21ClN4O3/c1-9-26-21-43(26,40(54)57-8)48-38(52)30-19-28(22-50(30)39(53)37(42(4,5)6)47-41(55)60-27-17-24-16-25(24)18-27)59-32-20-34(51-13-12-33(49-51)45-23(2)3)46-36-29(32)10-11-31(35(36)44)58-15-14-56-7;1-6-19-15-31(19,28(38)42-5)34-26(36)24-14-22(44-45(40,41)23-9-7-20(32)8-10-23)16-35(24)27(37)25(30(2,3)4)33-29(39)43-21-12-17-11-18(17)13-21;1-11(2)20-15-6-7-23(22-15)16-10-13(24)12-4-5-14(26-9-8-25-3)17(19)18(12)21-16/h10-13,20,23-28,30,37H,9,14-19,21-22H2,1-8H3,(H,45,49)(H,47,55)(H,48,52);7-10,17-19,21-22,24-25H,6,11-16H2,1-5H3,(H,33,39)(H,34,36);4-7,10-11H,8-9H2,1-3H3,(H,20,22)(H,21,24)/t24-,25+,26-,27?,28-,30+,37-,43-;17-,18+,19-,21?,22+,24+,25-,31-;/m11./s1. The molecular weight excluding hydrogens is 1820 g/mol. The number of nitrogens with one attached hydrogen (secondary N) is 7. The second-order valence-corrected chi connectivity index (χ2v) is 41.2. The number of fused-ring (bicyclic) bond motifs is 4. The molecule has 2 aliphatic heterocycles. The number of alkyl carbamates (subject to hydrolysis) is 2. The summed E-state index contributed by atoms with van der Waals surface area (Å²) in [4.78, 5) is 133. The lowest BCUT2D eigenvalue weighted by atomic mass is 9.85. The molecule has 7 N–H and O–H groups in total. The Labute approximate surface area is 780 Å². The number of carbonyl (C=O) groups excluding carboxylic acids is 8. The summed E-state index contributed by atoms with van der Waals surface area (Å²) in [5, 5.41) is 28.6. The number of aromatic amines is 1. The third-order valence-electron chi connectivity index (χ3n) is 25.4. The molecule has 39 heteroatoms. The maximum absolute atomic E-state index is 14.8. The molecule has 6 aliphatic carbocycles. The van der Waals surface area contributed by atoms with Gasteiger partial charge in [0.05, 0.1) is 56.0 Å². The van der Waals surface area contributed by atoms with Gasteiger partial charge in [0, 0.05) is 97.6 Å². The number of hydrogen-bond donors (Lipinski definition) is 7. The number of H-pyrrole nitrogens is 1. The number of ether oxygens (including phenoxy) is 9. The van der Waals surface area contributed by atoms with E-state index in [0.29, 0.717) is 135 Å². The first-order valence-electron chi connectivity index (χ1n) is 44.7. The molecule has 0 bridgehead atoms. The number of methoxy groups -OCH3 is 4. The SMILES string of the molecule is CC[C@@H]1C[C@]1(NC(=O)[C@@H]1C[C@@H](Oc2cc(-n3ccc(NC(C)C)n3)nc3c(Cl)c(OCCOC)ccc23)CN1C(=O)[C@@H](NC(=O)OC1C[C@@H]2C[C@@H]2C1)C(C)(C)C)C(=O)OC.CC[C@@H]1C[C@]1(NC(=O)[C@@H]1C[C@H](OS(=O)(=O)c2ccc(Br)cc2)CN1C(=O)[C@@H](NC(=O)OC1C[C@@H]2C[C@@H]2C1)C(C)(C)C)C(=O)OC.COCCOc1ccc2c(=O)cc(-n3ccc(NC(C)C)n3)[nH]c2c1Cl. The van der Waals surface area contributed by atoms with Crippen LogP contribution >= 0.6 is 39.1 Å². The number of halogens is 3. The van der Waals surface area contributed by atoms with Crippen LogP contribution in [0.5, 0.6) is 17.2 Å². The average Bonchev–Trinajstić information content (AvgIpc) is 1.59. The second kappa shape index (κ2) is 40.8. The molecule has 6 saturated carbocycles. The van der Waals surface area contributed by atoms with Gasteiger partial charge in [0.1, 0.15) is 112 Å². The topological polar surface area (TPSA) is 423 Å². The maximum atomic E-state index is 14.8. The zero-order chi connectivity index (χ0) is 94.7. The lowest BCUT2D eigenvalue weighted by molar-refractivity contribution is -0.149. The summed E-state index contributed by atoms with van der Waals surface area (Å²) in [6, 6.07) is 15.7. The van der Waals surface area contributed by atoms with Gasteiger partial charge >= 0.3 is 24.1 Å². The van der Waals surface area contributed by atoms with E-state index >= 15 is 0 Å². The first-order valence-corrected chi connectivity index (χ1v) is 47.7. The van der Waals surface area contributed by atoms with Crippen LogP contribution in [0.4, 0.5) is 21.2 Å². The van der Waals surface area contributed by atoms with E-state index in [2.05, 4.69) is 63.0 Å². The molecule has 2 saturated heterocycles. The van der Waals surface area contributed by atoms with Crippen LogP contribution in [0.3, 0.4) is 0 Å². The molecule has 131 heavy (non-hydrogen) atoms. The Morgan fingerprint density at radius 3 is 1.48 bits per heavy atom. The van der Waals surface area contributed by atoms with Gasteiger partial charge in [-0.15, -0.1) is 10.2 Å². The van der Waals surface area contributed by atoms with Crippen LogP contribution in [-0.4, -0.2) is 235 Å². The molecule has 6 heterocycles. The number of anilines is 2. The molecule has 8 aliphatic rings. The minimum atomic E-state index is -4.25. The maximum Gasteiger partial charge on any atom is 0.408 e. The van der Waals surface area contributed by atoms with Crippen LogP contribution in [0.2, 0.25) is 10.0 Å². The lowest BCUT2D eigenvalue weighted by Crippen LogP contribution is -2.59. The molecule has 712 valence electrons. The third kappa shape index (κ3) is 23.1. The van der Waals surface area contributed by atoms with Gasteiger partial charge in [-0.1, -0.05) is 107 Å². The molecule has 2 unspecified atom stereocenters. The lowest BCUT2D eigenvalue weighted by Gasteiger charge is -2.35. The van der Waals surface area contributed by atoms with Crippen molar-refractivity contribution in [3.05, 3.63) is 110 Å². The molecule has 16 atom stereocenters. The fourth-order valence-electron chi connectivity index (χ4n) is 18.2. The highest BCUT2D eigenvalue weighted by Gasteiger charge is 2.64. The quantitative estimate of drug-likeness (QED) is 0.00869. The summed E-state index contributed by atoms with van der Waals surface area (Å²) in [5.74, 6) is 2.44. The predicted molar refractivity (Wildman–Crippen MR) is 491 cm³/mol. The Balaban J connectivity index is 0.000000180. The van der Waals surface area contributed by atoms with Crippen LogP contribution in [0.25, 0.3) is 33.4 Å². The van der Waals surface area contributed by atoms with Crippen LogP contribution in [0, 0.1) is 46.3 Å². The summed E-state index contributed by atoms with van der Waals surface area (Å²) >= 11 is 16.7. The minimum absolute atomic E-state index is 0.00996. The molecule has 35 nitrogen and oxygen atoms in total. The van der Waals surface area contributed by atoms with Crippen molar-refractivity contribution in [1.29, 1.82) is 0 Å². The molecule has 8 fully saturated rings. The van der Waals surface area contributed by atoms with Crippen molar-refractivity contribution in [2.24, 2.45) is 46.3 Å². The van der Waals surface area contributed by atoms with Crippen LogP contribution in [0.15, 0.2) is 99.4 Å². The molecule has 0 radical (unpaired) electrons. The fourth-order valence-corrected chi connectivity index (χ4v) is 20.0. The zero-order valence-corrected chi connectivity index (χ0v) is 80.7. The Bertz CT molecular complexity index is 5530. The van der Waals surface area contributed by atoms with E-state index in [-0.39, 0.29) is 84.0 Å². The van der Waals surface area contributed by atoms with E-state index in [4.69, 9.17) is 75.0 Å². The largest absolute Gasteiger partial charge is 0.490 e. The Morgan fingerprint density at radius 1 is 0.565 bits per heavy atom. The number of likely N-dealkylation sites (tertiary alicyclic amines) is 2. The number of nitrogens with zero attached hydrogens (tertiary/aromatic N) is 7. The summed E-state index contributed by atoms with van der Waals surface area (Å²) in [5.41, 5.74) is -3.22. The van der Waals surface area contributed by atoms with Crippen molar-refractivity contribution < 1.29 is 93.6 Å². The van der Waals surface area contributed by atoms with Crippen molar-refractivity contribution in [2.45, 2.75) is 237 Å². The van der Waals surface area contributed by atoms with Crippen molar-refractivity contribution in [2.75, 3.05) is 78.6 Å². The number of rotatable bonds is 33. The Morgan fingerprint density at radius 2 is 1.02 bits per heavy atom. The van der Waals surface area contributed by atoms with Gasteiger partial charge in [0.2, 0.25) is 23.6 Å². The molecule has 0 spiro atoms. The van der Waals surface area contributed by atoms with Gasteiger partial charge < -0.3 is 89.3 Å². The predicted octanol–water partition coefficient (Wildman–Crippen LogP) is 12.4. The Hall–Kier alpha value is -10.1. The van der Waals surface area contributed by atoms with Crippen LogP contribution in [0.1, 0.15) is 160 Å². The van der Waals surface area contributed by atoms with E-state index in [1.54, 1.807) is 99.2 Å². The van der Waals surface area contributed by atoms with Gasteiger partial charge in [-0.05, 0) is 174 Å². The summed E-state index contributed by atoms with van der Waals surface area (Å²) in [7, 11) is 1.47. The number of amides is 6. The fraction of sp³-hybridized carbons (Fsp3) is 0.587. The molecule has 4 aromatic heterocycles. The average molecular weight is 1940 g/mol. The highest BCUT2D eigenvalue weighted by Crippen LogP contribution is 2.54. The first kappa shape index (κ1) is 98.5. The molecule has 7 aromatic rings. The highest BCUT2D eigenvalue weighted by molar-refractivity contribution is 9.10. The monoisotopic (exact) mass is 1940 g/mol. The number of benzene rings is 3. The smallest absolute Gasteiger partial charge is 0.408 e. The molecule has 3 aromatic carbocycles. The van der Waals surface area contributed by atoms with Crippen molar-refractivity contribution >= 4 is 130 Å². The highest BCUT2D eigenvalue weighted by atomic mass is 79.9. The molecular formula is C92H121BrCl2N14O21S.